The van der Waals surface area contributed by atoms with E-state index in [-0.39, 0.29) is 12.2 Å². The molecule has 0 aliphatic rings. The number of halogens is 1. The van der Waals surface area contributed by atoms with Crippen molar-refractivity contribution < 1.29 is 4.39 Å². The number of benzene rings is 2. The molecule has 0 saturated heterocycles. The van der Waals surface area contributed by atoms with Crippen LogP contribution in [0.15, 0.2) is 83.2 Å². The van der Waals surface area contributed by atoms with Crippen molar-refractivity contribution in [1.82, 2.24) is 18.7 Å². The van der Waals surface area contributed by atoms with E-state index in [2.05, 4.69) is 11.6 Å². The second kappa shape index (κ2) is 7.11. The highest BCUT2D eigenvalue weighted by atomic mass is 19.1. The predicted octanol–water partition coefficient (Wildman–Crippen LogP) is 2.72. The molecule has 0 bridgehead atoms. The van der Waals surface area contributed by atoms with Gasteiger partial charge in [0.25, 0.3) is 5.56 Å². The van der Waals surface area contributed by atoms with Crippen molar-refractivity contribution in [3.05, 3.63) is 106 Å². The summed E-state index contributed by atoms with van der Waals surface area (Å²) in [7, 11) is 0. The quantitative estimate of drug-likeness (QED) is 0.503. The van der Waals surface area contributed by atoms with Crippen molar-refractivity contribution in [3.63, 3.8) is 0 Å². The summed E-state index contributed by atoms with van der Waals surface area (Å²) >= 11 is 0. The molecule has 2 heterocycles. The Morgan fingerprint density at radius 1 is 1.04 bits per heavy atom. The molecule has 0 fully saturated rings. The Balaban J connectivity index is 2.01. The van der Waals surface area contributed by atoms with Gasteiger partial charge in [0.2, 0.25) is 0 Å². The lowest BCUT2D eigenvalue weighted by molar-refractivity contribution is 0.626. The van der Waals surface area contributed by atoms with Gasteiger partial charge >= 0.3 is 5.69 Å². The maximum Gasteiger partial charge on any atom is 0.337 e. The maximum atomic E-state index is 13.4. The molecule has 7 heteroatoms. The molecule has 0 atom stereocenters. The Hall–Kier alpha value is -3.74. The largest absolute Gasteiger partial charge is 0.337 e. The Labute approximate surface area is 159 Å². The van der Waals surface area contributed by atoms with E-state index in [1.807, 2.05) is 30.3 Å². The van der Waals surface area contributed by atoms with E-state index in [4.69, 9.17) is 0 Å². The van der Waals surface area contributed by atoms with Gasteiger partial charge in [-0.15, -0.1) is 6.58 Å². The third kappa shape index (κ3) is 2.96. The number of nitrogens with zero attached hydrogens (tertiary/aromatic N) is 4. The van der Waals surface area contributed by atoms with Crippen LogP contribution in [0.4, 0.5) is 4.39 Å². The molecular formula is C21H17FN4O2. The molecular weight excluding hydrogens is 359 g/mol. The molecule has 0 amide bonds. The Morgan fingerprint density at radius 3 is 2.43 bits per heavy atom. The van der Waals surface area contributed by atoms with Crippen LogP contribution in [0.3, 0.4) is 0 Å². The van der Waals surface area contributed by atoms with Crippen LogP contribution in [0.1, 0.15) is 5.56 Å². The van der Waals surface area contributed by atoms with E-state index in [1.165, 1.54) is 41.2 Å². The summed E-state index contributed by atoms with van der Waals surface area (Å²) < 4.78 is 17.5. The summed E-state index contributed by atoms with van der Waals surface area (Å²) in [6.45, 7) is 4.12. The predicted molar refractivity (Wildman–Crippen MR) is 105 cm³/mol. The van der Waals surface area contributed by atoms with Crippen LogP contribution in [0.5, 0.6) is 0 Å². The minimum Gasteiger partial charge on any atom is -0.320 e. The van der Waals surface area contributed by atoms with Crippen molar-refractivity contribution in [1.29, 1.82) is 0 Å². The molecule has 0 aliphatic carbocycles. The van der Waals surface area contributed by atoms with Crippen LogP contribution in [0, 0.1) is 5.82 Å². The highest BCUT2D eigenvalue weighted by molar-refractivity contribution is 5.72. The summed E-state index contributed by atoms with van der Waals surface area (Å²) in [5, 5.41) is 0. The Bertz CT molecular complexity index is 1270. The summed E-state index contributed by atoms with van der Waals surface area (Å²) in [4.78, 5) is 30.3. The van der Waals surface area contributed by atoms with Gasteiger partial charge in [-0.05, 0) is 29.8 Å². The van der Waals surface area contributed by atoms with Crippen LogP contribution in [0.25, 0.3) is 16.9 Å². The number of hydrogen-bond acceptors (Lipinski definition) is 3. The Morgan fingerprint density at radius 2 is 1.75 bits per heavy atom. The molecule has 0 N–H and O–H groups in total. The number of aromatic nitrogens is 4. The van der Waals surface area contributed by atoms with Crippen LogP contribution in [-0.2, 0) is 13.1 Å². The van der Waals surface area contributed by atoms with Gasteiger partial charge in [0.05, 0.1) is 12.0 Å². The molecule has 0 radical (unpaired) electrons. The molecule has 2 aromatic carbocycles. The first-order valence-corrected chi connectivity index (χ1v) is 8.71. The second-order valence-corrected chi connectivity index (χ2v) is 6.33. The van der Waals surface area contributed by atoms with Gasteiger partial charge in [0.1, 0.15) is 5.82 Å². The first-order chi connectivity index (χ1) is 13.6. The van der Waals surface area contributed by atoms with Crippen LogP contribution >= 0.6 is 0 Å². The number of rotatable bonds is 5. The van der Waals surface area contributed by atoms with Gasteiger partial charge in [-0.25, -0.2) is 18.7 Å². The normalized spacial score (nSPS) is 11.0. The topological polar surface area (TPSA) is 61.8 Å². The minimum atomic E-state index is -0.547. The fraction of sp³-hybridized carbons (Fsp3) is 0.0952. The van der Waals surface area contributed by atoms with Gasteiger partial charge < -0.3 is 4.57 Å². The van der Waals surface area contributed by atoms with Crippen molar-refractivity contribution in [2.45, 2.75) is 13.1 Å². The fourth-order valence-corrected chi connectivity index (χ4v) is 3.19. The molecule has 140 valence electrons. The number of hydrogen-bond donors (Lipinski definition) is 0. The molecule has 0 saturated carbocycles. The molecule has 4 rings (SSSR count). The molecule has 2 aromatic heterocycles. The highest BCUT2D eigenvalue weighted by Crippen LogP contribution is 2.15. The van der Waals surface area contributed by atoms with E-state index < -0.39 is 17.1 Å². The molecule has 0 unspecified atom stereocenters. The van der Waals surface area contributed by atoms with Crippen LogP contribution in [-0.4, -0.2) is 18.7 Å². The summed E-state index contributed by atoms with van der Waals surface area (Å²) in [6, 6.07) is 15.1. The molecule has 6 nitrogen and oxygen atoms in total. The lowest BCUT2D eigenvalue weighted by Gasteiger charge is -2.12. The van der Waals surface area contributed by atoms with E-state index in [9.17, 15) is 14.0 Å². The van der Waals surface area contributed by atoms with Crippen molar-refractivity contribution >= 4 is 11.2 Å². The molecule has 28 heavy (non-hydrogen) atoms. The third-order valence-electron chi connectivity index (χ3n) is 4.49. The monoisotopic (exact) mass is 376 g/mol. The van der Waals surface area contributed by atoms with E-state index >= 15 is 0 Å². The fourth-order valence-electron chi connectivity index (χ4n) is 3.19. The average Bonchev–Trinajstić information content (AvgIpc) is 3.11. The van der Waals surface area contributed by atoms with Gasteiger partial charge in [-0.2, -0.15) is 0 Å². The Kier molecular flexibility index (Phi) is 4.49. The summed E-state index contributed by atoms with van der Waals surface area (Å²) in [5.74, 6) is -0.415. The van der Waals surface area contributed by atoms with Crippen LogP contribution < -0.4 is 11.2 Å². The van der Waals surface area contributed by atoms with E-state index in [0.29, 0.717) is 17.7 Å². The van der Waals surface area contributed by atoms with E-state index in [1.54, 1.807) is 4.57 Å². The number of imidazole rings is 1. The zero-order chi connectivity index (χ0) is 19.7. The number of fused-ring (bicyclic) bond motifs is 1. The first kappa shape index (κ1) is 17.7. The smallest absolute Gasteiger partial charge is 0.320 e. The van der Waals surface area contributed by atoms with Gasteiger partial charge in [-0.3, -0.25) is 9.36 Å². The van der Waals surface area contributed by atoms with Gasteiger partial charge in [0.15, 0.2) is 11.2 Å². The lowest BCUT2D eigenvalue weighted by Crippen LogP contribution is -2.39. The lowest BCUT2D eigenvalue weighted by atomic mass is 10.2. The third-order valence-corrected chi connectivity index (χ3v) is 4.49. The van der Waals surface area contributed by atoms with Crippen molar-refractivity contribution in [3.8, 4) is 5.69 Å². The zero-order valence-electron chi connectivity index (χ0n) is 15.0. The van der Waals surface area contributed by atoms with Gasteiger partial charge in [0, 0.05) is 13.1 Å². The standard InChI is InChI=1S/C21H17FN4O2/c1-2-12-25-20(27)18-19(23-14-24(18)13-15-6-4-3-5-7-15)26(21(25)28)17-10-8-16(22)9-11-17/h2-11,14H,1,12-13H2. The highest BCUT2D eigenvalue weighted by Gasteiger charge is 2.18. The maximum absolute atomic E-state index is 13.4. The van der Waals surface area contributed by atoms with Crippen molar-refractivity contribution in [2.75, 3.05) is 0 Å². The first-order valence-electron chi connectivity index (χ1n) is 8.71. The minimum absolute atomic E-state index is 0.0608. The SMILES string of the molecule is C=CCn1c(=O)c2c(ncn2Cc2ccccc2)n(-c2ccc(F)cc2)c1=O. The summed E-state index contributed by atoms with van der Waals surface area (Å²) in [6.07, 6.45) is 3.03. The van der Waals surface area contributed by atoms with E-state index in [0.717, 1.165) is 10.1 Å². The number of allylic oxidation sites excluding steroid dienone is 1. The second-order valence-electron chi connectivity index (χ2n) is 6.33. The zero-order valence-corrected chi connectivity index (χ0v) is 15.0. The van der Waals surface area contributed by atoms with Gasteiger partial charge in [-0.1, -0.05) is 36.4 Å². The molecule has 4 aromatic rings. The average molecular weight is 376 g/mol. The van der Waals surface area contributed by atoms with Crippen LogP contribution in [0.2, 0.25) is 0 Å². The molecule has 0 aliphatic heterocycles. The van der Waals surface area contributed by atoms with Crippen molar-refractivity contribution in [2.24, 2.45) is 0 Å². The molecule has 0 spiro atoms. The summed E-state index contributed by atoms with van der Waals surface area (Å²) in [5.41, 5.74) is 0.975.